The van der Waals surface area contributed by atoms with Crippen LogP contribution in [0.3, 0.4) is 0 Å². The first-order valence-electron chi connectivity index (χ1n) is 12.0. The Balaban J connectivity index is 1.76. The Hall–Kier alpha value is -4.45. The second-order valence-corrected chi connectivity index (χ2v) is 8.62. The van der Waals surface area contributed by atoms with Crippen LogP contribution in [-0.2, 0) is 26.3 Å². The molecule has 180 valence electrons. The Morgan fingerprint density at radius 3 is 1.83 bits per heavy atom. The molecule has 6 heteroatoms. The third-order valence-corrected chi connectivity index (χ3v) is 6.60. The zero-order valence-corrected chi connectivity index (χ0v) is 19.9. The highest BCUT2D eigenvalue weighted by atomic mass is 16.5. The summed E-state index contributed by atoms with van der Waals surface area (Å²) in [6.45, 7) is 1.73. The summed E-state index contributed by atoms with van der Waals surface area (Å²) >= 11 is 0. The topological polar surface area (TPSA) is 81.4 Å². The fourth-order valence-corrected chi connectivity index (χ4v) is 4.96. The van der Waals surface area contributed by atoms with Gasteiger partial charge in [-0.2, -0.15) is 5.10 Å². The molecule has 3 aromatic carbocycles. The number of ketones is 1. The molecule has 0 atom stereocenters. The van der Waals surface area contributed by atoms with E-state index in [2.05, 4.69) is 36.4 Å². The van der Waals surface area contributed by atoms with E-state index in [-0.39, 0.29) is 24.4 Å². The maximum Gasteiger partial charge on any atom is 0.379 e. The van der Waals surface area contributed by atoms with E-state index >= 15 is 0 Å². The fourth-order valence-electron chi connectivity index (χ4n) is 4.96. The van der Waals surface area contributed by atoms with Crippen molar-refractivity contribution in [3.05, 3.63) is 131 Å². The summed E-state index contributed by atoms with van der Waals surface area (Å²) in [5, 5.41) is 16.1. The lowest BCUT2D eigenvalue weighted by Crippen LogP contribution is -2.38. The summed E-state index contributed by atoms with van der Waals surface area (Å²) in [6, 6.07) is 30.2. The molecule has 1 aliphatic carbocycles. The van der Waals surface area contributed by atoms with Crippen molar-refractivity contribution < 1.29 is 19.4 Å². The number of hydrogen-bond donors (Lipinski definition) is 1. The number of aromatic nitrogens is 2. The molecule has 0 saturated heterocycles. The Labute approximate surface area is 209 Å². The maximum atomic E-state index is 12.7. The minimum Gasteiger partial charge on any atom is -0.507 e. The summed E-state index contributed by atoms with van der Waals surface area (Å²) in [6.07, 6.45) is 2.40. The van der Waals surface area contributed by atoms with Crippen LogP contribution in [0.15, 0.2) is 103 Å². The van der Waals surface area contributed by atoms with Gasteiger partial charge in [0.25, 0.3) is 5.78 Å². The van der Waals surface area contributed by atoms with Crippen molar-refractivity contribution >= 4 is 17.5 Å². The predicted molar refractivity (Wildman–Crippen MR) is 136 cm³/mol. The van der Waals surface area contributed by atoms with Gasteiger partial charge in [0.2, 0.25) is 0 Å². The summed E-state index contributed by atoms with van der Waals surface area (Å²) in [5.41, 5.74) is 3.31. The van der Waals surface area contributed by atoms with Crippen molar-refractivity contribution in [1.82, 2.24) is 9.78 Å². The van der Waals surface area contributed by atoms with E-state index in [0.29, 0.717) is 17.7 Å². The Kier molecular flexibility index (Phi) is 6.25. The van der Waals surface area contributed by atoms with Crippen molar-refractivity contribution in [3.63, 3.8) is 0 Å². The van der Waals surface area contributed by atoms with Crippen LogP contribution in [0.1, 0.15) is 41.3 Å². The molecule has 1 N–H and O–H groups in total. The minimum atomic E-state index is -0.956. The summed E-state index contributed by atoms with van der Waals surface area (Å²) in [5.74, 6) is -1.99. The maximum absolute atomic E-state index is 12.7. The monoisotopic (exact) mass is 478 g/mol. The molecule has 1 aliphatic rings. The molecule has 0 amide bonds. The summed E-state index contributed by atoms with van der Waals surface area (Å²) < 4.78 is 6.74. The van der Waals surface area contributed by atoms with Crippen LogP contribution in [0.5, 0.6) is 0 Å². The van der Waals surface area contributed by atoms with Gasteiger partial charge in [0.1, 0.15) is 11.3 Å². The fraction of sp³-hybridized carbons (Fsp3) is 0.167. The number of aliphatic hydroxyl groups is 1. The third-order valence-electron chi connectivity index (χ3n) is 6.60. The molecule has 0 spiro atoms. The van der Waals surface area contributed by atoms with Crippen LogP contribution < -0.4 is 0 Å². The smallest absolute Gasteiger partial charge is 0.379 e. The molecule has 4 aromatic rings. The van der Waals surface area contributed by atoms with Gasteiger partial charge >= 0.3 is 5.97 Å². The lowest BCUT2D eigenvalue weighted by molar-refractivity contribution is -0.151. The zero-order valence-electron chi connectivity index (χ0n) is 19.9. The van der Waals surface area contributed by atoms with E-state index in [9.17, 15) is 14.7 Å². The Bertz CT molecular complexity index is 1330. The van der Waals surface area contributed by atoms with Crippen molar-refractivity contribution in [1.29, 1.82) is 0 Å². The quantitative estimate of drug-likeness (QED) is 0.228. The van der Waals surface area contributed by atoms with Crippen molar-refractivity contribution in [2.24, 2.45) is 0 Å². The molecule has 0 saturated carbocycles. The highest BCUT2D eigenvalue weighted by molar-refractivity contribution is 6.41. The lowest BCUT2D eigenvalue weighted by atomic mass is 9.77. The van der Waals surface area contributed by atoms with Crippen molar-refractivity contribution in [2.75, 3.05) is 6.61 Å². The molecule has 36 heavy (non-hydrogen) atoms. The van der Waals surface area contributed by atoms with E-state index in [4.69, 9.17) is 9.84 Å². The minimum absolute atomic E-state index is 0.0604. The van der Waals surface area contributed by atoms with Crippen molar-refractivity contribution in [2.45, 2.75) is 25.3 Å². The third kappa shape index (κ3) is 3.81. The van der Waals surface area contributed by atoms with Gasteiger partial charge in [-0.3, -0.25) is 9.48 Å². The Morgan fingerprint density at radius 2 is 1.36 bits per heavy atom. The molecule has 0 bridgehead atoms. The predicted octanol–water partition coefficient (Wildman–Crippen LogP) is 5.07. The van der Waals surface area contributed by atoms with E-state index in [1.165, 1.54) is 0 Å². The molecule has 1 heterocycles. The van der Waals surface area contributed by atoms with Crippen LogP contribution in [0.2, 0.25) is 0 Å². The number of benzene rings is 3. The number of carbonyl (C=O) groups is 2. The van der Waals surface area contributed by atoms with Gasteiger partial charge in [-0.15, -0.1) is 0 Å². The summed E-state index contributed by atoms with van der Waals surface area (Å²) in [7, 11) is 0. The van der Waals surface area contributed by atoms with Gasteiger partial charge in [0.05, 0.1) is 23.4 Å². The standard InChI is InChI=1S/C30H26N2O4/c1-2-36-29(35)28(34)24-18-19-26-25(27(24)33)20-32(31-26)30(21-12-6-3-7-13-21,22-14-8-4-9-15-22)23-16-10-5-11-17-23/h3-17,20,33H,2,18-19H2,1H3. The molecule has 5 rings (SSSR count). The van der Waals surface area contributed by atoms with E-state index in [0.717, 1.165) is 16.7 Å². The number of ether oxygens (including phenoxy) is 1. The van der Waals surface area contributed by atoms with E-state index in [1.807, 2.05) is 59.3 Å². The molecular weight excluding hydrogens is 452 g/mol. The van der Waals surface area contributed by atoms with Crippen molar-refractivity contribution in [3.8, 4) is 0 Å². The van der Waals surface area contributed by atoms with Crippen LogP contribution in [0, 0.1) is 0 Å². The average molecular weight is 479 g/mol. The molecule has 0 radical (unpaired) electrons. The largest absolute Gasteiger partial charge is 0.507 e. The number of aliphatic hydroxyl groups excluding tert-OH is 1. The van der Waals surface area contributed by atoms with Gasteiger partial charge < -0.3 is 9.84 Å². The van der Waals surface area contributed by atoms with Crippen LogP contribution in [-0.4, -0.2) is 33.2 Å². The second-order valence-electron chi connectivity index (χ2n) is 8.62. The molecular formula is C30H26N2O4. The van der Waals surface area contributed by atoms with Gasteiger partial charge in [0.15, 0.2) is 0 Å². The SMILES string of the molecule is CCOC(=O)C(=O)C1=C(O)c2cn(C(c3ccccc3)(c3ccccc3)c3ccccc3)nc2CC1. The number of aryl methyl sites for hydroxylation is 1. The number of rotatable bonds is 7. The molecule has 6 nitrogen and oxygen atoms in total. The van der Waals surface area contributed by atoms with Crippen LogP contribution in [0.25, 0.3) is 5.76 Å². The first-order valence-corrected chi connectivity index (χ1v) is 12.0. The van der Waals surface area contributed by atoms with Crippen LogP contribution in [0.4, 0.5) is 0 Å². The summed E-state index contributed by atoms with van der Waals surface area (Å²) in [4.78, 5) is 24.7. The lowest BCUT2D eigenvalue weighted by Gasteiger charge is -2.36. The molecule has 0 aliphatic heterocycles. The van der Waals surface area contributed by atoms with Gasteiger partial charge in [-0.25, -0.2) is 4.79 Å². The van der Waals surface area contributed by atoms with Gasteiger partial charge in [-0.1, -0.05) is 91.0 Å². The first kappa shape index (κ1) is 23.3. The molecule has 0 unspecified atom stereocenters. The molecule has 1 aromatic heterocycles. The molecule has 0 fully saturated rings. The van der Waals surface area contributed by atoms with Gasteiger partial charge in [0, 0.05) is 6.20 Å². The Morgan fingerprint density at radius 1 is 0.861 bits per heavy atom. The highest BCUT2D eigenvalue weighted by Crippen LogP contribution is 2.42. The number of Topliss-reactive ketones (excluding diaryl/α,β-unsaturated/α-hetero) is 1. The van der Waals surface area contributed by atoms with E-state index < -0.39 is 17.3 Å². The number of nitrogens with zero attached hydrogens (tertiary/aromatic N) is 2. The number of hydrogen-bond acceptors (Lipinski definition) is 5. The number of esters is 1. The average Bonchev–Trinajstić information content (AvgIpc) is 3.36. The van der Waals surface area contributed by atoms with Crippen LogP contribution >= 0.6 is 0 Å². The van der Waals surface area contributed by atoms with Gasteiger partial charge in [-0.05, 0) is 36.5 Å². The second kappa shape index (κ2) is 9.66. The number of fused-ring (bicyclic) bond motifs is 1. The number of carbonyl (C=O) groups excluding carboxylic acids is 2. The first-order chi connectivity index (χ1) is 17.6. The highest BCUT2D eigenvalue weighted by Gasteiger charge is 2.41. The normalized spacial score (nSPS) is 13.2. The van der Waals surface area contributed by atoms with E-state index in [1.54, 1.807) is 13.1 Å². The zero-order chi connectivity index (χ0) is 25.1.